The highest BCUT2D eigenvalue weighted by Crippen LogP contribution is 2.30. The van der Waals surface area contributed by atoms with Crippen LogP contribution in [0.15, 0.2) is 4.52 Å². The van der Waals surface area contributed by atoms with E-state index in [0.717, 1.165) is 29.5 Å². The quantitative estimate of drug-likeness (QED) is 0.884. The molecule has 2 heterocycles. The molecule has 1 aliphatic carbocycles. The molecule has 2 aromatic rings. The predicted molar refractivity (Wildman–Crippen MR) is 84.1 cm³/mol. The van der Waals surface area contributed by atoms with Crippen LogP contribution >= 0.6 is 11.3 Å². The normalized spacial score (nSPS) is 13.6. The maximum absolute atomic E-state index is 11.9. The van der Waals surface area contributed by atoms with Gasteiger partial charge < -0.3 is 9.84 Å². The summed E-state index contributed by atoms with van der Waals surface area (Å²) in [4.78, 5) is 22.0. The van der Waals surface area contributed by atoms with Gasteiger partial charge in [-0.05, 0) is 25.7 Å². The van der Waals surface area contributed by atoms with Crippen molar-refractivity contribution in [3.05, 3.63) is 22.3 Å². The van der Waals surface area contributed by atoms with E-state index in [1.54, 1.807) is 11.3 Å². The van der Waals surface area contributed by atoms with Crippen molar-refractivity contribution in [1.29, 1.82) is 0 Å². The van der Waals surface area contributed by atoms with Crippen molar-refractivity contribution in [1.82, 2.24) is 15.1 Å². The molecule has 0 fully saturated rings. The first-order chi connectivity index (χ1) is 10.6. The molecule has 22 heavy (non-hydrogen) atoms. The van der Waals surface area contributed by atoms with E-state index in [0.29, 0.717) is 25.2 Å². The predicted octanol–water partition coefficient (Wildman–Crippen LogP) is 3.10. The molecule has 0 bridgehead atoms. The summed E-state index contributed by atoms with van der Waals surface area (Å²) in [5, 5.41) is 7.53. The van der Waals surface area contributed by atoms with Crippen LogP contribution < -0.4 is 5.32 Å². The molecule has 0 aromatic carbocycles. The molecule has 0 spiro atoms. The van der Waals surface area contributed by atoms with Crippen molar-refractivity contribution in [2.45, 2.75) is 58.3 Å². The highest BCUT2D eigenvalue weighted by molar-refractivity contribution is 7.15. The van der Waals surface area contributed by atoms with Gasteiger partial charge in [0.05, 0.1) is 5.69 Å². The highest BCUT2D eigenvalue weighted by Gasteiger charge is 2.17. The van der Waals surface area contributed by atoms with Crippen LogP contribution in [-0.4, -0.2) is 21.0 Å². The lowest BCUT2D eigenvalue weighted by atomic mass is 10.2. The average molecular weight is 320 g/mol. The number of carbonyl (C=O) groups is 1. The first-order valence-corrected chi connectivity index (χ1v) is 8.54. The molecule has 1 amide bonds. The molecule has 0 radical (unpaired) electrons. The zero-order valence-corrected chi connectivity index (χ0v) is 13.7. The fourth-order valence-corrected chi connectivity index (χ4v) is 3.50. The fraction of sp³-hybridized carbons (Fsp3) is 0.600. The van der Waals surface area contributed by atoms with Gasteiger partial charge in [-0.25, -0.2) is 4.98 Å². The summed E-state index contributed by atoms with van der Waals surface area (Å²) < 4.78 is 5.16. The van der Waals surface area contributed by atoms with Crippen LogP contribution in [-0.2, 0) is 24.1 Å². The summed E-state index contributed by atoms with van der Waals surface area (Å²) in [6.45, 7) is 4.04. The Bertz CT molecular complexity index is 641. The van der Waals surface area contributed by atoms with Crippen molar-refractivity contribution >= 4 is 22.4 Å². The number of nitrogens with one attached hydrogen (secondary N) is 1. The number of carbonyl (C=O) groups excluding carboxylic acids is 1. The molecule has 0 saturated carbocycles. The molecule has 118 valence electrons. The van der Waals surface area contributed by atoms with E-state index in [4.69, 9.17) is 4.52 Å². The lowest BCUT2D eigenvalue weighted by Gasteiger charge is -2.00. The zero-order valence-electron chi connectivity index (χ0n) is 12.9. The van der Waals surface area contributed by atoms with Crippen molar-refractivity contribution in [3.8, 4) is 0 Å². The molecule has 7 heteroatoms. The number of aryl methyl sites for hydroxylation is 3. The number of hydrogen-bond acceptors (Lipinski definition) is 6. The number of amides is 1. The lowest BCUT2D eigenvalue weighted by molar-refractivity contribution is -0.116. The molecule has 1 N–H and O–H groups in total. The van der Waals surface area contributed by atoms with Crippen molar-refractivity contribution in [2.24, 2.45) is 0 Å². The van der Waals surface area contributed by atoms with E-state index in [9.17, 15) is 4.79 Å². The fourth-order valence-electron chi connectivity index (χ4n) is 2.43. The molecular formula is C15H20N4O2S. The largest absolute Gasteiger partial charge is 0.339 e. The molecule has 0 unspecified atom stereocenters. The molecule has 2 aromatic heterocycles. The van der Waals surface area contributed by atoms with Gasteiger partial charge in [-0.1, -0.05) is 19.0 Å². The third-order valence-corrected chi connectivity index (χ3v) is 4.71. The van der Waals surface area contributed by atoms with Gasteiger partial charge in [0.2, 0.25) is 11.8 Å². The van der Waals surface area contributed by atoms with Crippen LogP contribution in [0.5, 0.6) is 0 Å². The smallest absolute Gasteiger partial charge is 0.226 e. The van der Waals surface area contributed by atoms with Gasteiger partial charge in [0.1, 0.15) is 0 Å². The van der Waals surface area contributed by atoms with E-state index >= 15 is 0 Å². The van der Waals surface area contributed by atoms with Crippen LogP contribution in [0, 0.1) is 0 Å². The lowest BCUT2D eigenvalue weighted by Crippen LogP contribution is -2.11. The number of hydrogen-bond donors (Lipinski definition) is 1. The van der Waals surface area contributed by atoms with Gasteiger partial charge in [0.15, 0.2) is 11.0 Å². The van der Waals surface area contributed by atoms with Crippen LogP contribution in [0.3, 0.4) is 0 Å². The van der Waals surface area contributed by atoms with Gasteiger partial charge >= 0.3 is 0 Å². The average Bonchev–Trinajstić information content (AvgIpc) is 3.13. The van der Waals surface area contributed by atoms with E-state index in [-0.39, 0.29) is 11.8 Å². The van der Waals surface area contributed by atoms with Gasteiger partial charge in [-0.15, -0.1) is 11.3 Å². The Kier molecular flexibility index (Phi) is 4.52. The Morgan fingerprint density at radius 3 is 2.95 bits per heavy atom. The Balaban J connectivity index is 1.43. The molecule has 0 aliphatic heterocycles. The Morgan fingerprint density at radius 1 is 1.36 bits per heavy atom. The van der Waals surface area contributed by atoms with Gasteiger partial charge in [0.25, 0.3) is 0 Å². The number of nitrogens with zero attached hydrogens (tertiary/aromatic N) is 3. The first-order valence-electron chi connectivity index (χ1n) is 7.72. The monoisotopic (exact) mass is 320 g/mol. The molecule has 0 saturated heterocycles. The van der Waals surface area contributed by atoms with Crippen LogP contribution in [0.25, 0.3) is 0 Å². The van der Waals surface area contributed by atoms with Crippen molar-refractivity contribution in [2.75, 3.05) is 5.32 Å². The minimum absolute atomic E-state index is 0.00368. The summed E-state index contributed by atoms with van der Waals surface area (Å²) >= 11 is 1.60. The number of thiazole rings is 1. The number of aromatic nitrogens is 3. The number of fused-ring (bicyclic) bond motifs is 1. The van der Waals surface area contributed by atoms with Gasteiger partial charge in [-0.3, -0.25) is 4.79 Å². The maximum atomic E-state index is 11.9. The van der Waals surface area contributed by atoms with Gasteiger partial charge in [-0.2, -0.15) is 4.98 Å². The summed E-state index contributed by atoms with van der Waals surface area (Å²) in [7, 11) is 0. The first kappa shape index (κ1) is 15.1. The second-order valence-corrected chi connectivity index (χ2v) is 6.93. The summed E-state index contributed by atoms with van der Waals surface area (Å²) in [6.07, 6.45) is 5.07. The van der Waals surface area contributed by atoms with E-state index in [2.05, 4.69) is 20.4 Å². The molecule has 3 rings (SSSR count). The number of rotatable bonds is 6. The summed E-state index contributed by atoms with van der Waals surface area (Å²) in [5.41, 5.74) is 1.16. The van der Waals surface area contributed by atoms with Crippen molar-refractivity contribution < 1.29 is 9.32 Å². The Hall–Kier alpha value is -1.76. The molecule has 6 nitrogen and oxygen atoms in total. The summed E-state index contributed by atoms with van der Waals surface area (Å²) in [5.74, 6) is 1.57. The topological polar surface area (TPSA) is 80.9 Å². The van der Waals surface area contributed by atoms with Gasteiger partial charge in [0, 0.05) is 23.6 Å². The molecular weight excluding hydrogens is 300 g/mol. The second-order valence-electron chi connectivity index (χ2n) is 5.85. The second kappa shape index (κ2) is 6.56. The van der Waals surface area contributed by atoms with E-state index < -0.39 is 0 Å². The molecule has 0 atom stereocenters. The van der Waals surface area contributed by atoms with Crippen LogP contribution in [0.4, 0.5) is 5.13 Å². The minimum atomic E-state index is -0.00368. The standard InChI is InChI=1S/C15H20N4O2S/c1-9(2)14-18-13(21-19-14)8-4-7-12(20)17-15-16-10-5-3-6-11(10)22-15/h9H,3-8H2,1-2H3,(H,16,17,20). The number of anilines is 1. The zero-order chi connectivity index (χ0) is 15.5. The summed E-state index contributed by atoms with van der Waals surface area (Å²) in [6, 6.07) is 0. The molecule has 1 aliphatic rings. The SMILES string of the molecule is CC(C)c1noc(CCCC(=O)Nc2nc3c(s2)CCC3)n1. The third-order valence-electron chi connectivity index (χ3n) is 3.64. The minimum Gasteiger partial charge on any atom is -0.339 e. The van der Waals surface area contributed by atoms with Crippen LogP contribution in [0.2, 0.25) is 0 Å². The van der Waals surface area contributed by atoms with E-state index in [1.807, 2.05) is 13.8 Å². The Labute approximate surface area is 133 Å². The maximum Gasteiger partial charge on any atom is 0.226 e. The van der Waals surface area contributed by atoms with E-state index in [1.165, 1.54) is 11.3 Å². The van der Waals surface area contributed by atoms with Crippen LogP contribution in [0.1, 0.15) is 61.3 Å². The Morgan fingerprint density at radius 2 is 2.23 bits per heavy atom. The highest BCUT2D eigenvalue weighted by atomic mass is 32.1. The third kappa shape index (κ3) is 3.52. The van der Waals surface area contributed by atoms with Crippen molar-refractivity contribution in [3.63, 3.8) is 0 Å².